The van der Waals surface area contributed by atoms with Crippen molar-refractivity contribution in [2.45, 2.75) is 6.42 Å². The number of hydrogen-bond donors (Lipinski definition) is 0. The molecule has 1 nitrogen and oxygen atoms in total. The molecule has 0 saturated carbocycles. The molecule has 2 radical (unpaired) electrons. The van der Waals surface area contributed by atoms with Crippen LogP contribution in [0, 0.1) is 0 Å². The van der Waals surface area contributed by atoms with Crippen LogP contribution in [-0.4, -0.2) is 6.54 Å². The molecule has 56 valence electrons. The summed E-state index contributed by atoms with van der Waals surface area (Å²) < 4.78 is 0. The minimum absolute atomic E-state index is 0.226. The lowest BCUT2D eigenvalue weighted by Gasteiger charge is -1.89. The van der Waals surface area contributed by atoms with Crippen molar-refractivity contribution in [3.8, 4) is 0 Å². The molecular formula is C10H11N. The maximum absolute atomic E-state index is 8.49. The van der Waals surface area contributed by atoms with Crippen LogP contribution in [-0.2, 0) is 0 Å². The highest BCUT2D eigenvalue weighted by molar-refractivity contribution is 5.48. The molecule has 0 N–H and O–H groups in total. The van der Waals surface area contributed by atoms with Gasteiger partial charge in [0.25, 0.3) is 0 Å². The van der Waals surface area contributed by atoms with Crippen LogP contribution in [0.2, 0.25) is 0 Å². The zero-order valence-electron chi connectivity index (χ0n) is 6.40. The number of rotatable bonds is 3. The van der Waals surface area contributed by atoms with Crippen molar-refractivity contribution in [3.63, 3.8) is 0 Å². The van der Waals surface area contributed by atoms with Gasteiger partial charge in [-0.25, -0.2) is 0 Å². The van der Waals surface area contributed by atoms with Crippen LogP contribution >= 0.6 is 0 Å². The highest BCUT2D eigenvalue weighted by Gasteiger charge is 1.80. The van der Waals surface area contributed by atoms with Crippen LogP contribution in [0.15, 0.2) is 36.4 Å². The van der Waals surface area contributed by atoms with Crippen LogP contribution in [0.25, 0.3) is 6.08 Å². The maximum Gasteiger partial charge on any atom is 0.0356 e. The second-order valence-corrected chi connectivity index (χ2v) is 2.33. The fourth-order valence-corrected chi connectivity index (χ4v) is 0.858. The smallest absolute Gasteiger partial charge is 0.0356 e. The van der Waals surface area contributed by atoms with E-state index >= 15 is 0 Å². The van der Waals surface area contributed by atoms with Crippen molar-refractivity contribution < 1.29 is 0 Å². The van der Waals surface area contributed by atoms with E-state index in [-0.39, 0.29) is 6.54 Å². The number of hydrogen-bond acceptors (Lipinski definition) is 0. The van der Waals surface area contributed by atoms with Gasteiger partial charge in [0.15, 0.2) is 0 Å². The van der Waals surface area contributed by atoms with E-state index in [1.54, 1.807) is 0 Å². The molecule has 1 rings (SSSR count). The van der Waals surface area contributed by atoms with Gasteiger partial charge in [0, 0.05) is 6.54 Å². The van der Waals surface area contributed by atoms with Crippen molar-refractivity contribution in [2.75, 3.05) is 6.54 Å². The van der Waals surface area contributed by atoms with E-state index in [4.69, 9.17) is 5.73 Å². The predicted molar refractivity (Wildman–Crippen MR) is 47.1 cm³/mol. The van der Waals surface area contributed by atoms with E-state index in [9.17, 15) is 0 Å². The van der Waals surface area contributed by atoms with Crippen LogP contribution in [0.5, 0.6) is 0 Å². The zero-order chi connectivity index (χ0) is 7.94. The minimum atomic E-state index is 0.226. The predicted octanol–water partition coefficient (Wildman–Crippen LogP) is 2.16. The molecular weight excluding hydrogens is 134 g/mol. The number of nitrogens with zero attached hydrogens (tertiary/aromatic N) is 1. The normalized spacial score (nSPS) is 10.6. The van der Waals surface area contributed by atoms with Crippen molar-refractivity contribution in [2.24, 2.45) is 0 Å². The average Bonchev–Trinajstić information content (AvgIpc) is 2.07. The lowest BCUT2D eigenvalue weighted by atomic mass is 10.2. The fourth-order valence-electron chi connectivity index (χ4n) is 0.858. The van der Waals surface area contributed by atoms with E-state index < -0.39 is 0 Å². The molecule has 0 unspecified atom stereocenters. The lowest BCUT2D eigenvalue weighted by molar-refractivity contribution is 0.979. The fraction of sp³-hybridized carbons (Fsp3) is 0.200. The van der Waals surface area contributed by atoms with Gasteiger partial charge in [0.05, 0.1) is 0 Å². The van der Waals surface area contributed by atoms with Crippen molar-refractivity contribution in [3.05, 3.63) is 42.0 Å². The van der Waals surface area contributed by atoms with Gasteiger partial charge in [0.1, 0.15) is 0 Å². The van der Waals surface area contributed by atoms with Crippen molar-refractivity contribution >= 4 is 6.08 Å². The van der Waals surface area contributed by atoms with Gasteiger partial charge >= 0.3 is 0 Å². The molecule has 0 fully saturated rings. The van der Waals surface area contributed by atoms with Crippen molar-refractivity contribution in [1.29, 1.82) is 0 Å². The summed E-state index contributed by atoms with van der Waals surface area (Å²) >= 11 is 0. The Balaban J connectivity index is 2.50. The molecule has 0 atom stereocenters. The number of benzene rings is 1. The molecule has 0 spiro atoms. The SMILES string of the molecule is [N]CCC=Cc1ccccc1. The maximum atomic E-state index is 8.49. The molecule has 0 aromatic heterocycles. The van der Waals surface area contributed by atoms with E-state index in [1.165, 1.54) is 5.56 Å². The average molecular weight is 145 g/mol. The Kier molecular flexibility index (Phi) is 3.42. The molecule has 0 bridgehead atoms. The molecule has 1 aromatic rings. The van der Waals surface area contributed by atoms with E-state index in [0.717, 1.165) is 6.42 Å². The summed E-state index contributed by atoms with van der Waals surface area (Å²) in [6.07, 6.45) is 4.71. The van der Waals surface area contributed by atoms with Gasteiger partial charge in [-0.15, -0.1) is 5.73 Å². The third-order valence-electron chi connectivity index (χ3n) is 1.41. The summed E-state index contributed by atoms with van der Waals surface area (Å²) in [6.45, 7) is 0.226. The summed E-state index contributed by atoms with van der Waals surface area (Å²) in [5, 5.41) is 0. The van der Waals surface area contributed by atoms with Gasteiger partial charge in [0.2, 0.25) is 0 Å². The van der Waals surface area contributed by atoms with Crippen LogP contribution in [0.4, 0.5) is 0 Å². The van der Waals surface area contributed by atoms with Crippen LogP contribution < -0.4 is 5.73 Å². The van der Waals surface area contributed by atoms with Crippen molar-refractivity contribution in [1.82, 2.24) is 5.73 Å². The first-order chi connectivity index (χ1) is 5.43. The van der Waals surface area contributed by atoms with E-state index in [2.05, 4.69) is 0 Å². The van der Waals surface area contributed by atoms with E-state index in [1.807, 2.05) is 42.5 Å². The molecule has 0 saturated heterocycles. The first-order valence-electron chi connectivity index (χ1n) is 3.76. The zero-order valence-corrected chi connectivity index (χ0v) is 6.40. The highest BCUT2D eigenvalue weighted by Crippen LogP contribution is 2.00. The van der Waals surface area contributed by atoms with Gasteiger partial charge in [-0.2, -0.15) is 0 Å². The minimum Gasteiger partial charge on any atom is -0.145 e. The Morgan fingerprint density at radius 2 is 1.91 bits per heavy atom. The molecule has 0 aliphatic heterocycles. The standard InChI is InChI=1S/C10H11N/c11-9-5-4-8-10-6-2-1-3-7-10/h1-4,6-8H,5,9H2. The third-order valence-corrected chi connectivity index (χ3v) is 1.41. The Hall–Kier alpha value is -1.08. The molecule has 1 heteroatoms. The lowest BCUT2D eigenvalue weighted by Crippen LogP contribution is -1.78. The van der Waals surface area contributed by atoms with Gasteiger partial charge < -0.3 is 0 Å². The summed E-state index contributed by atoms with van der Waals surface area (Å²) in [5.74, 6) is 0. The van der Waals surface area contributed by atoms with Gasteiger partial charge in [-0.1, -0.05) is 42.5 Å². The van der Waals surface area contributed by atoms with E-state index in [0.29, 0.717) is 0 Å². The Bertz CT molecular complexity index is 214. The summed E-state index contributed by atoms with van der Waals surface area (Å²) in [4.78, 5) is 0. The van der Waals surface area contributed by atoms with Crippen LogP contribution in [0.1, 0.15) is 12.0 Å². The molecule has 11 heavy (non-hydrogen) atoms. The quantitative estimate of drug-likeness (QED) is 0.622. The highest BCUT2D eigenvalue weighted by atomic mass is 14.5. The second-order valence-electron chi connectivity index (χ2n) is 2.33. The first-order valence-corrected chi connectivity index (χ1v) is 3.76. The van der Waals surface area contributed by atoms with Crippen LogP contribution in [0.3, 0.4) is 0 Å². The first kappa shape index (κ1) is 8.02. The molecule has 0 aliphatic carbocycles. The second kappa shape index (κ2) is 4.69. The largest absolute Gasteiger partial charge is 0.145 e. The summed E-state index contributed by atoms with van der Waals surface area (Å²) in [6, 6.07) is 10.1. The molecule has 0 amide bonds. The summed E-state index contributed by atoms with van der Waals surface area (Å²) in [7, 11) is 0. The van der Waals surface area contributed by atoms with Gasteiger partial charge in [-0.05, 0) is 12.0 Å². The summed E-state index contributed by atoms with van der Waals surface area (Å²) in [5.41, 5.74) is 9.67. The molecule has 0 heterocycles. The third kappa shape index (κ3) is 3.01. The molecule has 0 aliphatic rings. The van der Waals surface area contributed by atoms with Gasteiger partial charge in [-0.3, -0.25) is 0 Å². The molecule has 1 aromatic carbocycles. The Morgan fingerprint density at radius 1 is 1.18 bits per heavy atom. The monoisotopic (exact) mass is 145 g/mol. The Labute approximate surface area is 67.5 Å². The topological polar surface area (TPSA) is 22.3 Å². The Morgan fingerprint density at radius 3 is 2.55 bits per heavy atom.